The molecule has 0 unspecified atom stereocenters. The standard InChI is InChI=1S/C21H25FN6O/c1-3-17-18(13-23)20(27-26-19(17)4-2)28-11-9-16(10-12-28)25-21(29)24-15-7-5-14(22)6-8-15/h5-8,16H,3-4,9-12H2,1-2H3,(H2,24,25,29). The van der Waals surface area contributed by atoms with Crippen LogP contribution in [0.15, 0.2) is 24.3 Å². The van der Waals surface area contributed by atoms with Crippen LogP contribution in [0.4, 0.5) is 20.7 Å². The quantitative estimate of drug-likeness (QED) is 0.808. The summed E-state index contributed by atoms with van der Waals surface area (Å²) in [7, 11) is 0. The van der Waals surface area contributed by atoms with Crippen molar-refractivity contribution in [2.45, 2.75) is 45.6 Å². The Morgan fingerprint density at radius 2 is 1.90 bits per heavy atom. The Kier molecular flexibility index (Phi) is 6.60. The van der Waals surface area contributed by atoms with Crippen molar-refractivity contribution in [1.82, 2.24) is 15.5 Å². The van der Waals surface area contributed by atoms with Gasteiger partial charge in [0, 0.05) is 24.8 Å². The maximum absolute atomic E-state index is 13.0. The van der Waals surface area contributed by atoms with Gasteiger partial charge in [0.1, 0.15) is 17.4 Å². The minimum atomic E-state index is -0.346. The molecular weight excluding hydrogens is 371 g/mol. The first kappa shape index (κ1) is 20.5. The van der Waals surface area contributed by atoms with Gasteiger partial charge in [0.05, 0.1) is 5.69 Å². The number of piperidine rings is 1. The maximum atomic E-state index is 13.0. The SMILES string of the molecule is CCc1nnc(N2CCC(NC(=O)Nc3ccc(F)cc3)CC2)c(C#N)c1CC. The molecule has 0 spiro atoms. The van der Waals surface area contributed by atoms with Gasteiger partial charge in [0.15, 0.2) is 5.82 Å². The van der Waals surface area contributed by atoms with E-state index in [4.69, 9.17) is 0 Å². The Labute approximate surface area is 169 Å². The van der Waals surface area contributed by atoms with Crippen molar-refractivity contribution in [3.8, 4) is 6.07 Å². The molecule has 7 nitrogen and oxygen atoms in total. The molecule has 2 amide bonds. The average molecular weight is 396 g/mol. The third-order valence-corrected chi connectivity index (χ3v) is 5.17. The predicted molar refractivity (Wildman–Crippen MR) is 109 cm³/mol. The molecule has 0 aliphatic carbocycles. The van der Waals surface area contributed by atoms with Gasteiger partial charge in [-0.25, -0.2) is 9.18 Å². The highest BCUT2D eigenvalue weighted by Crippen LogP contribution is 2.26. The molecule has 0 saturated carbocycles. The molecule has 152 valence electrons. The number of rotatable bonds is 5. The number of nitriles is 1. The summed E-state index contributed by atoms with van der Waals surface area (Å²) in [5.74, 6) is 0.289. The molecule has 2 heterocycles. The largest absolute Gasteiger partial charge is 0.354 e. The van der Waals surface area contributed by atoms with E-state index in [0.717, 1.165) is 36.9 Å². The molecule has 0 bridgehead atoms. The van der Waals surface area contributed by atoms with Gasteiger partial charge in [0.2, 0.25) is 0 Å². The van der Waals surface area contributed by atoms with E-state index in [2.05, 4.69) is 31.8 Å². The van der Waals surface area contributed by atoms with Crippen LogP contribution in [0.5, 0.6) is 0 Å². The number of aromatic nitrogens is 2. The van der Waals surface area contributed by atoms with E-state index in [0.29, 0.717) is 30.2 Å². The monoisotopic (exact) mass is 396 g/mol. The van der Waals surface area contributed by atoms with Gasteiger partial charge in [-0.1, -0.05) is 13.8 Å². The van der Waals surface area contributed by atoms with Crippen LogP contribution in [-0.4, -0.2) is 35.4 Å². The molecule has 1 aliphatic rings. The number of halogens is 1. The number of urea groups is 1. The molecule has 1 fully saturated rings. The summed E-state index contributed by atoms with van der Waals surface area (Å²) in [6.07, 6.45) is 2.97. The third kappa shape index (κ3) is 4.80. The molecular formula is C21H25FN6O. The lowest BCUT2D eigenvalue weighted by Crippen LogP contribution is -2.46. The summed E-state index contributed by atoms with van der Waals surface area (Å²) in [6.45, 7) is 5.40. The predicted octanol–water partition coefficient (Wildman–Crippen LogP) is 3.40. The minimum Gasteiger partial charge on any atom is -0.354 e. The highest BCUT2D eigenvalue weighted by molar-refractivity contribution is 5.89. The number of aryl methyl sites for hydroxylation is 1. The van der Waals surface area contributed by atoms with Crippen molar-refractivity contribution in [1.29, 1.82) is 5.26 Å². The highest BCUT2D eigenvalue weighted by Gasteiger charge is 2.25. The van der Waals surface area contributed by atoms with E-state index in [9.17, 15) is 14.4 Å². The molecule has 1 saturated heterocycles. The number of carbonyl (C=O) groups excluding carboxylic acids is 1. The molecule has 8 heteroatoms. The fourth-order valence-electron chi connectivity index (χ4n) is 3.62. The van der Waals surface area contributed by atoms with E-state index in [1.807, 2.05) is 13.8 Å². The van der Waals surface area contributed by atoms with Crippen LogP contribution in [-0.2, 0) is 12.8 Å². The fourth-order valence-corrected chi connectivity index (χ4v) is 3.62. The van der Waals surface area contributed by atoms with Crippen LogP contribution >= 0.6 is 0 Å². The zero-order valence-electron chi connectivity index (χ0n) is 16.7. The third-order valence-electron chi connectivity index (χ3n) is 5.17. The molecule has 0 radical (unpaired) electrons. The van der Waals surface area contributed by atoms with E-state index in [1.54, 1.807) is 0 Å². The Morgan fingerprint density at radius 1 is 1.21 bits per heavy atom. The lowest BCUT2D eigenvalue weighted by Gasteiger charge is -2.33. The van der Waals surface area contributed by atoms with Crippen LogP contribution in [0.2, 0.25) is 0 Å². The van der Waals surface area contributed by atoms with Gasteiger partial charge in [-0.15, -0.1) is 5.10 Å². The van der Waals surface area contributed by atoms with Crippen LogP contribution < -0.4 is 15.5 Å². The van der Waals surface area contributed by atoms with E-state index in [-0.39, 0.29) is 17.9 Å². The second-order valence-corrected chi connectivity index (χ2v) is 7.01. The second kappa shape index (κ2) is 9.32. The number of carbonyl (C=O) groups is 1. The lowest BCUT2D eigenvalue weighted by molar-refractivity contribution is 0.246. The number of anilines is 2. The first-order chi connectivity index (χ1) is 14.0. The number of nitrogens with one attached hydrogen (secondary N) is 2. The summed E-state index contributed by atoms with van der Waals surface area (Å²) in [5, 5.41) is 24.0. The van der Waals surface area contributed by atoms with Gasteiger partial charge in [-0.3, -0.25) is 0 Å². The summed E-state index contributed by atoms with van der Waals surface area (Å²) < 4.78 is 13.0. The number of nitrogens with zero attached hydrogens (tertiary/aromatic N) is 4. The van der Waals surface area contributed by atoms with Gasteiger partial charge < -0.3 is 15.5 Å². The van der Waals surface area contributed by atoms with Crippen LogP contribution in [0.3, 0.4) is 0 Å². The van der Waals surface area contributed by atoms with E-state index < -0.39 is 0 Å². The summed E-state index contributed by atoms with van der Waals surface area (Å²) in [6, 6.07) is 7.66. The van der Waals surface area contributed by atoms with Crippen LogP contribution in [0, 0.1) is 17.1 Å². The first-order valence-corrected chi connectivity index (χ1v) is 9.92. The smallest absolute Gasteiger partial charge is 0.319 e. The zero-order chi connectivity index (χ0) is 20.8. The second-order valence-electron chi connectivity index (χ2n) is 7.01. The Balaban J connectivity index is 1.60. The van der Waals surface area contributed by atoms with Crippen LogP contribution in [0.25, 0.3) is 0 Å². The van der Waals surface area contributed by atoms with Gasteiger partial charge in [-0.2, -0.15) is 10.4 Å². The summed E-state index contributed by atoms with van der Waals surface area (Å²) in [5.41, 5.74) is 3.00. The summed E-state index contributed by atoms with van der Waals surface area (Å²) in [4.78, 5) is 14.2. The molecule has 29 heavy (non-hydrogen) atoms. The Hall–Kier alpha value is -3.21. The Morgan fingerprint density at radius 3 is 2.48 bits per heavy atom. The van der Waals surface area contributed by atoms with E-state index in [1.165, 1.54) is 24.3 Å². The topological polar surface area (TPSA) is 93.9 Å². The number of benzene rings is 1. The molecule has 1 aliphatic heterocycles. The van der Waals surface area contributed by atoms with Crippen molar-refractivity contribution in [3.63, 3.8) is 0 Å². The highest BCUT2D eigenvalue weighted by atomic mass is 19.1. The summed E-state index contributed by atoms with van der Waals surface area (Å²) >= 11 is 0. The van der Waals surface area contributed by atoms with Crippen molar-refractivity contribution >= 4 is 17.5 Å². The van der Waals surface area contributed by atoms with Gasteiger partial charge in [-0.05, 0) is 55.5 Å². The zero-order valence-corrected chi connectivity index (χ0v) is 16.7. The molecule has 2 N–H and O–H groups in total. The maximum Gasteiger partial charge on any atom is 0.319 e. The lowest BCUT2D eigenvalue weighted by atomic mass is 10.0. The van der Waals surface area contributed by atoms with Gasteiger partial charge in [0.25, 0.3) is 0 Å². The fraction of sp³-hybridized carbons (Fsp3) is 0.429. The average Bonchev–Trinajstić information content (AvgIpc) is 2.74. The molecule has 1 aromatic carbocycles. The molecule has 2 aromatic rings. The number of hydrogen-bond donors (Lipinski definition) is 2. The van der Waals surface area contributed by atoms with Crippen molar-refractivity contribution in [2.75, 3.05) is 23.3 Å². The van der Waals surface area contributed by atoms with Gasteiger partial charge >= 0.3 is 6.03 Å². The normalized spacial score (nSPS) is 14.3. The van der Waals surface area contributed by atoms with Crippen LogP contribution in [0.1, 0.15) is 43.5 Å². The number of amides is 2. The number of hydrogen-bond acceptors (Lipinski definition) is 5. The molecule has 1 aromatic heterocycles. The minimum absolute atomic E-state index is 0.0192. The van der Waals surface area contributed by atoms with Crippen molar-refractivity contribution < 1.29 is 9.18 Å². The Bertz CT molecular complexity index is 901. The van der Waals surface area contributed by atoms with Crippen molar-refractivity contribution in [2.24, 2.45) is 0 Å². The first-order valence-electron chi connectivity index (χ1n) is 9.92. The molecule has 3 rings (SSSR count). The van der Waals surface area contributed by atoms with Crippen molar-refractivity contribution in [3.05, 3.63) is 46.9 Å². The van der Waals surface area contributed by atoms with E-state index >= 15 is 0 Å². The molecule has 0 atom stereocenters.